The summed E-state index contributed by atoms with van der Waals surface area (Å²) in [6, 6.07) is 4.80. The highest BCUT2D eigenvalue weighted by atomic mass is 32.1. The highest BCUT2D eigenvalue weighted by Gasteiger charge is 2.11. The first kappa shape index (κ1) is 12.9. The van der Waals surface area contributed by atoms with E-state index in [4.69, 9.17) is 18.0 Å². The van der Waals surface area contributed by atoms with Crippen molar-refractivity contribution in [2.75, 3.05) is 11.9 Å². The van der Waals surface area contributed by atoms with E-state index in [1.165, 1.54) is 6.07 Å². The van der Waals surface area contributed by atoms with Crippen molar-refractivity contribution in [2.24, 2.45) is 11.7 Å². The fourth-order valence-corrected chi connectivity index (χ4v) is 1.56. The summed E-state index contributed by atoms with van der Waals surface area (Å²) in [5, 5.41) is 3.18. The minimum Gasteiger partial charge on any atom is -0.389 e. The summed E-state index contributed by atoms with van der Waals surface area (Å²) >= 11 is 4.84. The SMILES string of the molecule is CCC(C)CNc1cccc(F)c1C(N)=S. The Balaban J connectivity index is 2.87. The Kier molecular flexibility index (Phi) is 4.68. The zero-order valence-corrected chi connectivity index (χ0v) is 10.4. The average Bonchev–Trinajstić information content (AvgIpc) is 2.25. The molecule has 16 heavy (non-hydrogen) atoms. The quantitative estimate of drug-likeness (QED) is 0.777. The van der Waals surface area contributed by atoms with Crippen molar-refractivity contribution in [3.8, 4) is 0 Å². The molecule has 4 heteroatoms. The zero-order valence-electron chi connectivity index (χ0n) is 9.59. The summed E-state index contributed by atoms with van der Waals surface area (Å²) < 4.78 is 13.5. The van der Waals surface area contributed by atoms with Gasteiger partial charge in [0.05, 0.1) is 5.56 Å². The number of hydrogen-bond acceptors (Lipinski definition) is 2. The largest absolute Gasteiger partial charge is 0.389 e. The molecule has 0 heterocycles. The number of halogens is 1. The molecule has 1 rings (SSSR count). The third-order valence-corrected chi connectivity index (χ3v) is 2.80. The lowest BCUT2D eigenvalue weighted by Gasteiger charge is -2.14. The highest BCUT2D eigenvalue weighted by molar-refractivity contribution is 7.80. The van der Waals surface area contributed by atoms with E-state index in [1.54, 1.807) is 12.1 Å². The molecule has 0 saturated heterocycles. The predicted molar refractivity (Wildman–Crippen MR) is 70.2 cm³/mol. The molecule has 0 saturated carbocycles. The van der Waals surface area contributed by atoms with E-state index in [0.717, 1.165) is 13.0 Å². The van der Waals surface area contributed by atoms with E-state index >= 15 is 0 Å². The van der Waals surface area contributed by atoms with Crippen molar-refractivity contribution < 1.29 is 4.39 Å². The number of nitrogens with two attached hydrogens (primary N) is 1. The zero-order chi connectivity index (χ0) is 12.1. The van der Waals surface area contributed by atoms with Crippen molar-refractivity contribution in [2.45, 2.75) is 20.3 Å². The van der Waals surface area contributed by atoms with Gasteiger partial charge in [-0.05, 0) is 18.1 Å². The topological polar surface area (TPSA) is 38.0 Å². The molecule has 3 N–H and O–H groups in total. The van der Waals surface area contributed by atoms with Crippen LogP contribution >= 0.6 is 12.2 Å². The van der Waals surface area contributed by atoms with Gasteiger partial charge in [0.1, 0.15) is 10.8 Å². The summed E-state index contributed by atoms with van der Waals surface area (Å²) in [6.07, 6.45) is 1.07. The van der Waals surface area contributed by atoms with E-state index in [-0.39, 0.29) is 10.8 Å². The van der Waals surface area contributed by atoms with Crippen LogP contribution in [0.3, 0.4) is 0 Å². The lowest BCUT2D eigenvalue weighted by atomic mass is 10.1. The monoisotopic (exact) mass is 240 g/mol. The molecular weight excluding hydrogens is 223 g/mol. The molecule has 0 bridgehead atoms. The van der Waals surface area contributed by atoms with Crippen LogP contribution in [0.5, 0.6) is 0 Å². The Morgan fingerprint density at radius 3 is 2.81 bits per heavy atom. The first-order valence-corrected chi connectivity index (χ1v) is 5.79. The van der Waals surface area contributed by atoms with Crippen LogP contribution in [0.15, 0.2) is 18.2 Å². The number of benzene rings is 1. The van der Waals surface area contributed by atoms with Crippen molar-refractivity contribution in [3.05, 3.63) is 29.6 Å². The second-order valence-corrected chi connectivity index (χ2v) is 4.36. The molecule has 0 aromatic heterocycles. The van der Waals surface area contributed by atoms with E-state index in [1.807, 2.05) is 0 Å². The minimum atomic E-state index is -0.373. The predicted octanol–water partition coefficient (Wildman–Crippen LogP) is 2.92. The Bertz CT molecular complexity index is 379. The Hall–Kier alpha value is -1.16. The van der Waals surface area contributed by atoms with Gasteiger partial charge in [-0.15, -0.1) is 0 Å². The fourth-order valence-electron chi connectivity index (χ4n) is 1.35. The number of thiocarbonyl (C=S) groups is 1. The summed E-state index contributed by atoms with van der Waals surface area (Å²) in [5.41, 5.74) is 6.49. The lowest BCUT2D eigenvalue weighted by molar-refractivity contribution is 0.592. The maximum atomic E-state index is 13.5. The average molecular weight is 240 g/mol. The molecule has 1 aromatic rings. The van der Waals surface area contributed by atoms with Crippen LogP contribution in [0.4, 0.5) is 10.1 Å². The fraction of sp³-hybridized carbons (Fsp3) is 0.417. The smallest absolute Gasteiger partial charge is 0.135 e. The molecule has 0 spiro atoms. The highest BCUT2D eigenvalue weighted by Crippen LogP contribution is 2.19. The van der Waals surface area contributed by atoms with Gasteiger partial charge in [-0.3, -0.25) is 0 Å². The molecule has 0 aliphatic rings. The van der Waals surface area contributed by atoms with E-state index in [2.05, 4.69) is 19.2 Å². The molecule has 0 radical (unpaired) electrons. The molecule has 0 amide bonds. The summed E-state index contributed by atoms with van der Waals surface area (Å²) in [6.45, 7) is 5.04. The van der Waals surface area contributed by atoms with Gasteiger partial charge in [0, 0.05) is 12.2 Å². The van der Waals surface area contributed by atoms with Crippen molar-refractivity contribution in [1.82, 2.24) is 0 Å². The Morgan fingerprint density at radius 2 is 2.25 bits per heavy atom. The van der Waals surface area contributed by atoms with Gasteiger partial charge < -0.3 is 11.1 Å². The number of rotatable bonds is 5. The van der Waals surface area contributed by atoms with Gasteiger partial charge in [-0.2, -0.15) is 0 Å². The van der Waals surface area contributed by atoms with Crippen LogP contribution in [-0.2, 0) is 0 Å². The van der Waals surface area contributed by atoms with E-state index < -0.39 is 0 Å². The maximum Gasteiger partial charge on any atom is 0.135 e. The summed E-state index contributed by atoms with van der Waals surface area (Å²) in [5.74, 6) is 0.157. The first-order valence-electron chi connectivity index (χ1n) is 5.38. The molecule has 88 valence electrons. The number of anilines is 1. The number of nitrogens with one attached hydrogen (secondary N) is 1. The normalized spacial score (nSPS) is 12.2. The number of hydrogen-bond donors (Lipinski definition) is 2. The standard InChI is InChI=1S/C12H17FN2S/c1-3-8(2)7-15-10-6-4-5-9(13)11(10)12(14)16/h4-6,8,15H,3,7H2,1-2H3,(H2,14,16). The van der Waals surface area contributed by atoms with Crippen LogP contribution in [0.25, 0.3) is 0 Å². The van der Waals surface area contributed by atoms with Crippen molar-refractivity contribution in [3.63, 3.8) is 0 Å². The van der Waals surface area contributed by atoms with Crippen molar-refractivity contribution in [1.29, 1.82) is 0 Å². The van der Waals surface area contributed by atoms with Crippen molar-refractivity contribution >= 4 is 22.9 Å². The second-order valence-electron chi connectivity index (χ2n) is 3.92. The molecule has 0 fully saturated rings. The van der Waals surface area contributed by atoms with Crippen LogP contribution < -0.4 is 11.1 Å². The van der Waals surface area contributed by atoms with Crippen LogP contribution in [0.1, 0.15) is 25.8 Å². The first-order chi connectivity index (χ1) is 7.56. The maximum absolute atomic E-state index is 13.5. The van der Waals surface area contributed by atoms with Gasteiger partial charge in [-0.1, -0.05) is 38.6 Å². The molecule has 0 aliphatic heterocycles. The third kappa shape index (κ3) is 3.17. The summed E-state index contributed by atoms with van der Waals surface area (Å²) in [4.78, 5) is 0.0877. The second kappa shape index (κ2) is 5.80. The molecule has 1 atom stereocenters. The molecule has 0 aliphatic carbocycles. The van der Waals surface area contributed by atoms with E-state index in [0.29, 0.717) is 17.2 Å². The third-order valence-electron chi connectivity index (χ3n) is 2.60. The Labute approximate surface area is 101 Å². The molecule has 1 aromatic carbocycles. The van der Waals surface area contributed by atoms with E-state index in [9.17, 15) is 4.39 Å². The molecule has 1 unspecified atom stereocenters. The van der Waals surface area contributed by atoms with Crippen LogP contribution in [-0.4, -0.2) is 11.5 Å². The minimum absolute atomic E-state index is 0.0877. The van der Waals surface area contributed by atoms with Crippen LogP contribution in [0.2, 0.25) is 0 Å². The van der Waals surface area contributed by atoms with Gasteiger partial charge in [0.2, 0.25) is 0 Å². The van der Waals surface area contributed by atoms with Gasteiger partial charge in [-0.25, -0.2) is 4.39 Å². The summed E-state index contributed by atoms with van der Waals surface area (Å²) in [7, 11) is 0. The van der Waals surface area contributed by atoms with Gasteiger partial charge in [0.25, 0.3) is 0 Å². The molecule has 2 nitrogen and oxygen atoms in total. The van der Waals surface area contributed by atoms with Gasteiger partial charge >= 0.3 is 0 Å². The van der Waals surface area contributed by atoms with Gasteiger partial charge in [0.15, 0.2) is 0 Å². The van der Waals surface area contributed by atoms with Crippen LogP contribution in [0, 0.1) is 11.7 Å². The molecular formula is C12H17FN2S. The lowest BCUT2D eigenvalue weighted by Crippen LogP contribution is -2.17. The Morgan fingerprint density at radius 1 is 1.56 bits per heavy atom.